The molecule has 0 spiro atoms. The molecule has 88 valence electrons. The first-order valence-corrected chi connectivity index (χ1v) is 5.56. The Hall–Kier alpha value is -0.650. The molecular formula is C10H22N4O. The first-order valence-electron chi connectivity index (χ1n) is 5.56. The Morgan fingerprint density at radius 2 is 2.13 bits per heavy atom. The van der Waals surface area contributed by atoms with Crippen LogP contribution in [0.5, 0.6) is 0 Å². The molecule has 1 aliphatic rings. The van der Waals surface area contributed by atoms with Gasteiger partial charge >= 0.3 is 0 Å². The molecule has 0 aliphatic carbocycles. The Balaban J connectivity index is 2.41. The van der Waals surface area contributed by atoms with Crippen LogP contribution < -0.4 is 5.73 Å². The van der Waals surface area contributed by atoms with E-state index in [0.717, 1.165) is 39.1 Å². The van der Waals surface area contributed by atoms with E-state index in [4.69, 9.17) is 16.2 Å². The normalized spacial score (nSPS) is 22.3. The predicted octanol–water partition coefficient (Wildman–Crippen LogP) is -0.689. The molecular weight excluding hydrogens is 192 g/mol. The molecule has 1 saturated heterocycles. The largest absolute Gasteiger partial charge is 0.395 e. The number of nitrogens with two attached hydrogens (primary N) is 1. The van der Waals surface area contributed by atoms with Gasteiger partial charge in [-0.05, 0) is 19.9 Å². The van der Waals surface area contributed by atoms with E-state index in [1.807, 2.05) is 6.92 Å². The lowest BCUT2D eigenvalue weighted by Gasteiger charge is -2.26. The van der Waals surface area contributed by atoms with Gasteiger partial charge in [0.05, 0.1) is 12.6 Å². The lowest BCUT2D eigenvalue weighted by molar-refractivity contribution is 0.194. The molecule has 5 nitrogen and oxygen atoms in total. The van der Waals surface area contributed by atoms with Crippen LogP contribution in [-0.2, 0) is 0 Å². The summed E-state index contributed by atoms with van der Waals surface area (Å²) in [7, 11) is 0. The molecule has 0 aromatic carbocycles. The maximum Gasteiger partial charge on any atom is 0.108 e. The van der Waals surface area contributed by atoms with Gasteiger partial charge in [-0.1, -0.05) is 0 Å². The number of β-amino-alcohol motifs (C(OH)–C–C–N with tert-alkyl or cyclic N) is 1. The van der Waals surface area contributed by atoms with Gasteiger partial charge in [0, 0.05) is 26.2 Å². The zero-order valence-electron chi connectivity index (χ0n) is 9.45. The number of rotatable bonds is 4. The highest BCUT2D eigenvalue weighted by Gasteiger charge is 2.20. The van der Waals surface area contributed by atoms with Crippen LogP contribution in [0.2, 0.25) is 0 Å². The SMILES string of the molecule is CC(C(=N)N)N1CCCN(CCO)CC1. The molecule has 0 bridgehead atoms. The molecule has 0 amide bonds. The second-order valence-corrected chi connectivity index (χ2v) is 4.09. The van der Waals surface area contributed by atoms with Crippen LogP contribution in [0.1, 0.15) is 13.3 Å². The number of nitrogens with one attached hydrogen (secondary N) is 1. The molecule has 1 unspecified atom stereocenters. The fraction of sp³-hybridized carbons (Fsp3) is 0.900. The van der Waals surface area contributed by atoms with Crippen molar-refractivity contribution >= 4 is 5.84 Å². The Labute approximate surface area is 91.4 Å². The molecule has 1 aliphatic heterocycles. The van der Waals surface area contributed by atoms with Gasteiger partial charge in [-0.15, -0.1) is 0 Å². The molecule has 0 saturated carbocycles. The summed E-state index contributed by atoms with van der Waals surface area (Å²) in [5.74, 6) is 0.241. The van der Waals surface area contributed by atoms with Gasteiger partial charge in [0.1, 0.15) is 5.84 Å². The Morgan fingerprint density at radius 3 is 2.73 bits per heavy atom. The van der Waals surface area contributed by atoms with Gasteiger partial charge < -0.3 is 10.8 Å². The van der Waals surface area contributed by atoms with Gasteiger partial charge in [-0.25, -0.2) is 0 Å². The molecule has 0 aromatic rings. The average molecular weight is 214 g/mol. The minimum atomic E-state index is 0.0408. The summed E-state index contributed by atoms with van der Waals surface area (Å²) >= 11 is 0. The predicted molar refractivity (Wildman–Crippen MR) is 61.1 cm³/mol. The maximum atomic E-state index is 8.86. The van der Waals surface area contributed by atoms with Crippen molar-refractivity contribution in [2.45, 2.75) is 19.4 Å². The summed E-state index contributed by atoms with van der Waals surface area (Å²) in [5.41, 5.74) is 5.50. The Bertz CT molecular complexity index is 210. The van der Waals surface area contributed by atoms with Gasteiger partial charge in [-0.2, -0.15) is 0 Å². The molecule has 1 rings (SSSR count). The fourth-order valence-electron chi connectivity index (χ4n) is 1.94. The summed E-state index contributed by atoms with van der Waals surface area (Å²) in [5, 5.41) is 16.3. The van der Waals surface area contributed by atoms with Crippen molar-refractivity contribution in [1.29, 1.82) is 5.41 Å². The first-order chi connectivity index (χ1) is 7.15. The van der Waals surface area contributed by atoms with E-state index in [9.17, 15) is 0 Å². The summed E-state index contributed by atoms with van der Waals surface area (Å²) in [4.78, 5) is 4.49. The van der Waals surface area contributed by atoms with E-state index in [1.165, 1.54) is 0 Å². The van der Waals surface area contributed by atoms with E-state index >= 15 is 0 Å². The molecule has 5 heteroatoms. The van der Waals surface area contributed by atoms with Crippen molar-refractivity contribution in [3.05, 3.63) is 0 Å². The minimum Gasteiger partial charge on any atom is -0.395 e. The summed E-state index contributed by atoms with van der Waals surface area (Å²) < 4.78 is 0. The van der Waals surface area contributed by atoms with E-state index in [0.29, 0.717) is 0 Å². The minimum absolute atomic E-state index is 0.0408. The van der Waals surface area contributed by atoms with Crippen LogP contribution in [0.4, 0.5) is 0 Å². The summed E-state index contributed by atoms with van der Waals surface area (Å²) in [6.45, 7) is 6.86. The monoisotopic (exact) mass is 214 g/mol. The van der Waals surface area contributed by atoms with E-state index in [-0.39, 0.29) is 18.5 Å². The van der Waals surface area contributed by atoms with Crippen molar-refractivity contribution in [2.75, 3.05) is 39.3 Å². The standard InChI is InChI=1S/C10H22N4O/c1-9(10(11)12)14-4-2-3-13(5-6-14)7-8-15/h9,15H,2-8H2,1H3,(H3,11,12). The van der Waals surface area contributed by atoms with Gasteiger partial charge in [-0.3, -0.25) is 15.2 Å². The van der Waals surface area contributed by atoms with Gasteiger partial charge in [0.25, 0.3) is 0 Å². The number of hydrogen-bond acceptors (Lipinski definition) is 4. The Kier molecular flexibility index (Phi) is 5.01. The highest BCUT2D eigenvalue weighted by molar-refractivity contribution is 5.82. The van der Waals surface area contributed by atoms with E-state index < -0.39 is 0 Å². The zero-order valence-corrected chi connectivity index (χ0v) is 9.45. The highest BCUT2D eigenvalue weighted by Crippen LogP contribution is 2.06. The summed E-state index contributed by atoms with van der Waals surface area (Å²) in [6.07, 6.45) is 1.08. The second-order valence-electron chi connectivity index (χ2n) is 4.09. The number of amidine groups is 1. The molecule has 1 atom stereocenters. The van der Waals surface area contributed by atoms with Gasteiger partial charge in [0.15, 0.2) is 0 Å². The van der Waals surface area contributed by atoms with Gasteiger partial charge in [0.2, 0.25) is 0 Å². The summed E-state index contributed by atoms with van der Waals surface area (Å²) in [6, 6.07) is 0.0408. The Morgan fingerprint density at radius 1 is 1.40 bits per heavy atom. The third kappa shape index (κ3) is 3.77. The number of hydrogen-bond donors (Lipinski definition) is 3. The van der Waals surface area contributed by atoms with Crippen LogP contribution in [0.3, 0.4) is 0 Å². The lowest BCUT2D eigenvalue weighted by atomic mass is 10.2. The molecule has 0 radical (unpaired) electrons. The lowest BCUT2D eigenvalue weighted by Crippen LogP contribution is -2.44. The number of nitrogens with zero attached hydrogens (tertiary/aromatic N) is 2. The molecule has 15 heavy (non-hydrogen) atoms. The van der Waals surface area contributed by atoms with Crippen LogP contribution in [-0.4, -0.2) is 66.1 Å². The van der Waals surface area contributed by atoms with E-state index in [2.05, 4.69) is 9.80 Å². The van der Waals surface area contributed by atoms with E-state index in [1.54, 1.807) is 0 Å². The average Bonchev–Trinajstić information content (AvgIpc) is 2.43. The van der Waals surface area contributed by atoms with Crippen molar-refractivity contribution in [2.24, 2.45) is 5.73 Å². The van der Waals surface area contributed by atoms with Crippen LogP contribution in [0.25, 0.3) is 0 Å². The third-order valence-corrected chi connectivity index (χ3v) is 3.04. The molecule has 0 aromatic heterocycles. The number of aliphatic hydroxyl groups is 1. The van der Waals surface area contributed by atoms with Crippen molar-refractivity contribution in [1.82, 2.24) is 9.80 Å². The highest BCUT2D eigenvalue weighted by atomic mass is 16.3. The van der Waals surface area contributed by atoms with Crippen LogP contribution in [0, 0.1) is 5.41 Å². The topological polar surface area (TPSA) is 76.6 Å². The number of aliphatic hydroxyl groups excluding tert-OH is 1. The quantitative estimate of drug-likeness (QED) is 0.428. The fourth-order valence-corrected chi connectivity index (χ4v) is 1.94. The van der Waals surface area contributed by atoms with Crippen LogP contribution >= 0.6 is 0 Å². The maximum absolute atomic E-state index is 8.86. The molecule has 4 N–H and O–H groups in total. The zero-order chi connectivity index (χ0) is 11.3. The van der Waals surface area contributed by atoms with Crippen molar-refractivity contribution < 1.29 is 5.11 Å². The molecule has 1 fully saturated rings. The smallest absolute Gasteiger partial charge is 0.108 e. The van der Waals surface area contributed by atoms with Crippen molar-refractivity contribution in [3.63, 3.8) is 0 Å². The second kappa shape index (κ2) is 6.05. The third-order valence-electron chi connectivity index (χ3n) is 3.04. The molecule has 1 heterocycles. The van der Waals surface area contributed by atoms with Crippen LogP contribution in [0.15, 0.2) is 0 Å². The first kappa shape index (κ1) is 12.4. The van der Waals surface area contributed by atoms with Crippen molar-refractivity contribution in [3.8, 4) is 0 Å².